The van der Waals surface area contributed by atoms with Crippen LogP contribution in [0.3, 0.4) is 0 Å². The van der Waals surface area contributed by atoms with Gasteiger partial charge in [0.15, 0.2) is 5.78 Å². The Kier molecular flexibility index (Phi) is 3.92. The quantitative estimate of drug-likeness (QED) is 0.867. The number of carbonyl (C=O) groups is 1. The van der Waals surface area contributed by atoms with E-state index in [4.69, 9.17) is 4.74 Å². The number of carbonyl (C=O) groups excluding carboxylic acids is 1. The summed E-state index contributed by atoms with van der Waals surface area (Å²) in [4.78, 5) is 12.5. The molecular formula is C15H21NO3. The summed E-state index contributed by atoms with van der Waals surface area (Å²) in [6.45, 7) is 2.06. The van der Waals surface area contributed by atoms with Gasteiger partial charge in [-0.2, -0.15) is 0 Å². The first-order valence-corrected chi connectivity index (χ1v) is 6.59. The van der Waals surface area contributed by atoms with Gasteiger partial charge in [-0.25, -0.2) is 0 Å². The van der Waals surface area contributed by atoms with Crippen LogP contribution in [0.4, 0.5) is 0 Å². The molecule has 104 valence electrons. The summed E-state index contributed by atoms with van der Waals surface area (Å²) in [5.41, 5.74) is 0.0379. The van der Waals surface area contributed by atoms with E-state index in [0.29, 0.717) is 18.6 Å². The molecular weight excluding hydrogens is 242 g/mol. The second-order valence-electron chi connectivity index (χ2n) is 5.31. The summed E-state index contributed by atoms with van der Waals surface area (Å²) >= 11 is 0. The molecule has 4 nitrogen and oxygen atoms in total. The maximum Gasteiger partial charge on any atom is 0.185 e. The molecule has 0 aromatic heterocycles. The Morgan fingerprint density at radius 3 is 2.84 bits per heavy atom. The van der Waals surface area contributed by atoms with Crippen molar-refractivity contribution in [1.82, 2.24) is 5.32 Å². The van der Waals surface area contributed by atoms with Crippen molar-refractivity contribution in [3.05, 3.63) is 29.8 Å². The van der Waals surface area contributed by atoms with Crippen LogP contribution in [0.5, 0.6) is 5.75 Å². The summed E-state index contributed by atoms with van der Waals surface area (Å²) in [5.74, 6) is 0.848. The molecule has 1 aliphatic rings. The van der Waals surface area contributed by atoms with E-state index in [1.807, 2.05) is 24.3 Å². The summed E-state index contributed by atoms with van der Waals surface area (Å²) < 4.78 is 5.22. The fraction of sp³-hybridized carbons (Fsp3) is 0.533. The van der Waals surface area contributed by atoms with Crippen LogP contribution in [0.1, 0.15) is 25.3 Å². The van der Waals surface area contributed by atoms with Gasteiger partial charge in [0.2, 0.25) is 0 Å². The number of nitrogens with one attached hydrogen (secondary N) is 1. The zero-order chi connectivity index (χ0) is 14.0. The van der Waals surface area contributed by atoms with Crippen LogP contribution in [0, 0.1) is 5.92 Å². The first kappa shape index (κ1) is 14.0. The van der Waals surface area contributed by atoms with Crippen molar-refractivity contribution < 1.29 is 14.6 Å². The molecule has 0 amide bonds. The number of aliphatic hydroxyl groups is 1. The molecule has 0 heterocycles. The molecule has 19 heavy (non-hydrogen) atoms. The van der Waals surface area contributed by atoms with Crippen molar-refractivity contribution >= 4 is 5.78 Å². The zero-order valence-electron chi connectivity index (χ0n) is 11.6. The Hall–Kier alpha value is -1.39. The summed E-state index contributed by atoms with van der Waals surface area (Å²) in [5, 5.41) is 13.1. The van der Waals surface area contributed by atoms with Gasteiger partial charge in [0, 0.05) is 0 Å². The standard InChI is InChI=1S/C15H21NO3/c1-10-7-13(17)14(18)15(9-10,16-2)11-5-4-6-12(8-11)19-3/h4-6,8,10,13,16-17H,7,9H2,1-3H3/t10-,13+,15+/m1/s1. The predicted molar refractivity (Wildman–Crippen MR) is 73.1 cm³/mol. The van der Waals surface area contributed by atoms with Crippen molar-refractivity contribution in [2.75, 3.05) is 14.2 Å². The van der Waals surface area contributed by atoms with Gasteiger partial charge in [0.05, 0.1) is 7.11 Å². The second kappa shape index (κ2) is 5.31. The highest BCUT2D eigenvalue weighted by molar-refractivity contribution is 5.94. The number of Topliss-reactive ketones (excluding diaryl/α,β-unsaturated/α-hetero) is 1. The number of hydrogen-bond donors (Lipinski definition) is 2. The molecule has 0 spiro atoms. The molecule has 3 atom stereocenters. The summed E-state index contributed by atoms with van der Waals surface area (Å²) in [6, 6.07) is 7.48. The molecule has 0 bridgehead atoms. The lowest BCUT2D eigenvalue weighted by Crippen LogP contribution is -2.56. The van der Waals surface area contributed by atoms with Gasteiger partial charge in [-0.3, -0.25) is 4.79 Å². The number of hydrogen-bond acceptors (Lipinski definition) is 4. The molecule has 1 aromatic rings. The van der Waals surface area contributed by atoms with Gasteiger partial charge >= 0.3 is 0 Å². The topological polar surface area (TPSA) is 58.6 Å². The first-order chi connectivity index (χ1) is 9.03. The molecule has 0 saturated heterocycles. The number of benzene rings is 1. The highest BCUT2D eigenvalue weighted by Crippen LogP contribution is 2.38. The molecule has 0 radical (unpaired) electrons. The smallest absolute Gasteiger partial charge is 0.185 e. The second-order valence-corrected chi connectivity index (χ2v) is 5.31. The van der Waals surface area contributed by atoms with Gasteiger partial charge in [0.25, 0.3) is 0 Å². The van der Waals surface area contributed by atoms with Crippen LogP contribution >= 0.6 is 0 Å². The van der Waals surface area contributed by atoms with E-state index >= 15 is 0 Å². The van der Waals surface area contributed by atoms with Crippen molar-refractivity contribution in [2.45, 2.75) is 31.4 Å². The molecule has 4 heteroatoms. The van der Waals surface area contributed by atoms with Crippen LogP contribution in [0.15, 0.2) is 24.3 Å². The van der Waals surface area contributed by atoms with Gasteiger partial charge in [-0.1, -0.05) is 19.1 Å². The van der Waals surface area contributed by atoms with Gasteiger partial charge in [-0.15, -0.1) is 0 Å². The number of ether oxygens (including phenoxy) is 1. The number of ketones is 1. The molecule has 2 rings (SSSR count). The summed E-state index contributed by atoms with van der Waals surface area (Å²) in [6.07, 6.45) is 0.320. The van der Waals surface area contributed by atoms with E-state index in [2.05, 4.69) is 12.2 Å². The van der Waals surface area contributed by atoms with Crippen molar-refractivity contribution in [1.29, 1.82) is 0 Å². The van der Waals surface area contributed by atoms with Crippen molar-refractivity contribution in [3.63, 3.8) is 0 Å². The Labute approximate surface area is 113 Å². The lowest BCUT2D eigenvalue weighted by molar-refractivity contribution is -0.139. The predicted octanol–water partition coefficient (Wildman–Crippen LogP) is 1.47. The number of likely N-dealkylation sites (N-methyl/N-ethyl adjacent to an activating group) is 1. The minimum Gasteiger partial charge on any atom is -0.497 e. The Morgan fingerprint density at radius 2 is 2.21 bits per heavy atom. The van der Waals surface area contributed by atoms with Crippen molar-refractivity contribution in [3.8, 4) is 5.75 Å². The third-order valence-electron chi connectivity index (χ3n) is 3.99. The summed E-state index contributed by atoms with van der Waals surface area (Å²) in [7, 11) is 3.37. The van der Waals surface area contributed by atoms with E-state index in [1.165, 1.54) is 0 Å². The Bertz CT molecular complexity index is 474. The van der Waals surface area contributed by atoms with Gasteiger partial charge < -0.3 is 15.2 Å². The minimum absolute atomic E-state index is 0.152. The fourth-order valence-corrected chi connectivity index (χ4v) is 3.00. The average molecular weight is 263 g/mol. The Balaban J connectivity index is 2.48. The SMILES string of the molecule is CN[C@]1(c2cccc(OC)c2)C[C@H](C)C[C@H](O)C1=O. The lowest BCUT2D eigenvalue weighted by atomic mass is 9.70. The molecule has 1 saturated carbocycles. The van der Waals surface area contributed by atoms with Crippen LogP contribution in [0.2, 0.25) is 0 Å². The van der Waals surface area contributed by atoms with E-state index in [9.17, 15) is 9.90 Å². The van der Waals surface area contributed by atoms with Crippen LogP contribution in [-0.2, 0) is 10.3 Å². The van der Waals surface area contributed by atoms with Crippen molar-refractivity contribution in [2.24, 2.45) is 5.92 Å². The maximum absolute atomic E-state index is 12.5. The highest BCUT2D eigenvalue weighted by atomic mass is 16.5. The third kappa shape index (κ3) is 2.38. The van der Waals surface area contributed by atoms with Crippen LogP contribution in [0.25, 0.3) is 0 Å². The number of methoxy groups -OCH3 is 1. The monoisotopic (exact) mass is 263 g/mol. The minimum atomic E-state index is -0.901. The molecule has 1 aliphatic carbocycles. The fourth-order valence-electron chi connectivity index (χ4n) is 3.00. The molecule has 1 fully saturated rings. The van der Waals surface area contributed by atoms with E-state index in [0.717, 1.165) is 5.56 Å². The number of rotatable bonds is 3. The molecule has 1 aromatic carbocycles. The maximum atomic E-state index is 12.5. The Morgan fingerprint density at radius 1 is 1.47 bits per heavy atom. The van der Waals surface area contributed by atoms with E-state index in [1.54, 1.807) is 14.2 Å². The first-order valence-electron chi connectivity index (χ1n) is 6.59. The zero-order valence-corrected chi connectivity index (χ0v) is 11.6. The third-order valence-corrected chi connectivity index (χ3v) is 3.99. The molecule has 0 aliphatic heterocycles. The van der Waals surface area contributed by atoms with Crippen LogP contribution in [-0.4, -0.2) is 31.2 Å². The molecule has 2 N–H and O–H groups in total. The molecule has 0 unspecified atom stereocenters. The number of aliphatic hydroxyl groups excluding tert-OH is 1. The lowest BCUT2D eigenvalue weighted by Gasteiger charge is -2.41. The van der Waals surface area contributed by atoms with E-state index in [-0.39, 0.29) is 11.7 Å². The van der Waals surface area contributed by atoms with Gasteiger partial charge in [0.1, 0.15) is 17.4 Å². The van der Waals surface area contributed by atoms with Crippen LogP contribution < -0.4 is 10.1 Å². The van der Waals surface area contributed by atoms with Gasteiger partial charge in [-0.05, 0) is 43.5 Å². The highest BCUT2D eigenvalue weighted by Gasteiger charge is 2.47. The largest absolute Gasteiger partial charge is 0.497 e. The average Bonchev–Trinajstić information content (AvgIpc) is 2.43. The van der Waals surface area contributed by atoms with E-state index < -0.39 is 11.6 Å². The normalized spacial score (nSPS) is 31.3.